The van der Waals surface area contributed by atoms with Crippen LogP contribution in [0.2, 0.25) is 0 Å². The predicted octanol–water partition coefficient (Wildman–Crippen LogP) is 3.46. The van der Waals surface area contributed by atoms with Crippen LogP contribution < -0.4 is 4.89 Å². The number of hydrogen-bond donors (Lipinski definition) is 1. The molecule has 0 aromatic rings. The highest BCUT2D eigenvalue weighted by atomic mass is 32.1. The summed E-state index contributed by atoms with van der Waals surface area (Å²) in [6.45, 7) is 11.5. The van der Waals surface area contributed by atoms with Gasteiger partial charge in [0, 0.05) is 59.8 Å². The molecule has 4 aliphatic rings. The van der Waals surface area contributed by atoms with Crippen molar-refractivity contribution in [2.45, 2.75) is 120 Å². The van der Waals surface area contributed by atoms with Crippen molar-refractivity contribution in [2.75, 3.05) is 61.5 Å². The second-order valence-corrected chi connectivity index (χ2v) is 16.9. The van der Waals surface area contributed by atoms with E-state index < -0.39 is 33.7 Å². The molecule has 0 bridgehead atoms. The highest BCUT2D eigenvalue weighted by Gasteiger charge is 2.44. The fraction of sp³-hybridized carbons (Fsp3) is 1.00. The lowest BCUT2D eigenvalue weighted by atomic mass is 9.99. The third-order valence-electron chi connectivity index (χ3n) is 9.40. The molecule has 4 aliphatic heterocycles. The summed E-state index contributed by atoms with van der Waals surface area (Å²) in [6.07, 6.45) is -1.03. The van der Waals surface area contributed by atoms with Gasteiger partial charge in [-0.25, -0.2) is 0 Å². The monoisotopic (exact) mass is 751 g/mol. The van der Waals surface area contributed by atoms with Gasteiger partial charge in [0.2, 0.25) is 0 Å². The predicted molar refractivity (Wildman–Crippen MR) is 176 cm³/mol. The van der Waals surface area contributed by atoms with Crippen LogP contribution >= 0.6 is 28.0 Å². The normalized spacial score (nSPS) is 42.3. The zero-order chi connectivity index (χ0) is 35.8. The SMILES string of the molecule is COC1CC(S)OC1COP(C)(=O)OC[C@H]1O[C@@H](C)C[C@H]1OC.COC[C@H]1O[C@@H](C)C(C)[C@H]1OP(=O)([O-])OC[C@H]1O[C@@H](C)C(C)[C@H]1OC. The molecule has 0 amide bonds. The third-order valence-corrected chi connectivity index (χ3v) is 11.9. The second-order valence-electron chi connectivity index (χ2n) is 12.9. The lowest BCUT2D eigenvalue weighted by Gasteiger charge is -2.31. The number of phosphoric acid groups is 1. The van der Waals surface area contributed by atoms with Crippen LogP contribution in [0.4, 0.5) is 0 Å². The molecule has 0 aliphatic carbocycles. The molecular formula is C30H57O15P2S-. The minimum atomic E-state index is -4.52. The molecule has 48 heavy (non-hydrogen) atoms. The molecule has 4 heterocycles. The molecule has 0 N–H and O–H groups in total. The van der Waals surface area contributed by atoms with E-state index >= 15 is 0 Å². The Kier molecular flexibility index (Phi) is 17.2. The van der Waals surface area contributed by atoms with Crippen LogP contribution in [0.25, 0.3) is 0 Å². The van der Waals surface area contributed by atoms with E-state index in [0.717, 1.165) is 6.42 Å². The average molecular weight is 752 g/mol. The Hall–Kier alpha value is 0.290. The minimum Gasteiger partial charge on any atom is -0.756 e. The van der Waals surface area contributed by atoms with Gasteiger partial charge in [-0.1, -0.05) is 13.8 Å². The molecule has 0 spiro atoms. The first-order chi connectivity index (χ1) is 22.5. The topological polar surface area (TPSA) is 168 Å². The number of hydrogen-bond acceptors (Lipinski definition) is 16. The molecule has 0 radical (unpaired) electrons. The number of phosphoric ester groups is 1. The van der Waals surface area contributed by atoms with Crippen LogP contribution in [0.5, 0.6) is 0 Å². The smallest absolute Gasteiger partial charge is 0.327 e. The summed E-state index contributed by atoms with van der Waals surface area (Å²) in [5.74, 6) is 0.0567. The molecule has 4 saturated heterocycles. The summed E-state index contributed by atoms with van der Waals surface area (Å²) in [5, 5.41) is 0. The van der Waals surface area contributed by atoms with Gasteiger partial charge in [-0.2, -0.15) is 0 Å². The summed E-state index contributed by atoms with van der Waals surface area (Å²) in [4.78, 5) is 12.3. The van der Waals surface area contributed by atoms with Crippen molar-refractivity contribution in [2.24, 2.45) is 11.8 Å². The van der Waals surface area contributed by atoms with Gasteiger partial charge in [0.1, 0.15) is 29.9 Å². The molecule has 4 rings (SSSR count). The maximum absolute atomic E-state index is 12.4. The van der Waals surface area contributed by atoms with E-state index in [9.17, 15) is 14.0 Å². The Balaban J connectivity index is 0.000000261. The van der Waals surface area contributed by atoms with Crippen LogP contribution in [-0.2, 0) is 65.1 Å². The van der Waals surface area contributed by atoms with Gasteiger partial charge in [-0.3, -0.25) is 9.13 Å². The molecule has 15 nitrogen and oxygen atoms in total. The van der Waals surface area contributed by atoms with Gasteiger partial charge in [-0.15, -0.1) is 12.6 Å². The van der Waals surface area contributed by atoms with Gasteiger partial charge in [0.15, 0.2) is 0 Å². The van der Waals surface area contributed by atoms with Crippen LogP contribution in [-0.4, -0.2) is 134 Å². The highest BCUT2D eigenvalue weighted by Crippen LogP contribution is 2.47. The van der Waals surface area contributed by atoms with E-state index in [2.05, 4.69) is 12.6 Å². The van der Waals surface area contributed by atoms with Crippen molar-refractivity contribution in [1.82, 2.24) is 0 Å². The zero-order valence-electron chi connectivity index (χ0n) is 29.8. The first-order valence-electron chi connectivity index (χ1n) is 16.4. The van der Waals surface area contributed by atoms with Crippen LogP contribution in [0, 0.1) is 11.8 Å². The van der Waals surface area contributed by atoms with Crippen molar-refractivity contribution in [3.63, 3.8) is 0 Å². The number of methoxy groups -OCH3 is 4. The minimum absolute atomic E-state index is 0.0271. The number of rotatable bonds is 16. The van der Waals surface area contributed by atoms with Gasteiger partial charge >= 0.3 is 7.60 Å². The third kappa shape index (κ3) is 12.2. The first-order valence-corrected chi connectivity index (χ1v) is 20.4. The van der Waals surface area contributed by atoms with Gasteiger partial charge in [-0.05, 0) is 20.8 Å². The van der Waals surface area contributed by atoms with Crippen molar-refractivity contribution in [3.8, 4) is 0 Å². The van der Waals surface area contributed by atoms with E-state index in [4.69, 9.17) is 56.0 Å². The Morgan fingerprint density at radius 3 is 1.71 bits per heavy atom. The largest absolute Gasteiger partial charge is 0.756 e. The molecule has 16 atom stereocenters. The van der Waals surface area contributed by atoms with Crippen LogP contribution in [0.1, 0.15) is 47.5 Å². The molecule has 0 aromatic heterocycles. The quantitative estimate of drug-likeness (QED) is 0.180. The lowest BCUT2D eigenvalue weighted by Crippen LogP contribution is -2.35. The summed E-state index contributed by atoms with van der Waals surface area (Å²) < 4.78 is 89.9. The Labute approximate surface area is 291 Å². The Morgan fingerprint density at radius 1 is 0.667 bits per heavy atom. The fourth-order valence-electron chi connectivity index (χ4n) is 6.33. The van der Waals surface area contributed by atoms with E-state index in [1.807, 2.05) is 34.6 Å². The Morgan fingerprint density at radius 2 is 1.17 bits per heavy atom. The van der Waals surface area contributed by atoms with Crippen LogP contribution in [0.15, 0.2) is 0 Å². The van der Waals surface area contributed by atoms with Crippen molar-refractivity contribution >= 4 is 28.0 Å². The second kappa shape index (κ2) is 19.4. The molecule has 0 saturated carbocycles. The van der Waals surface area contributed by atoms with Crippen molar-refractivity contribution in [1.29, 1.82) is 0 Å². The maximum atomic E-state index is 12.4. The zero-order valence-corrected chi connectivity index (χ0v) is 32.5. The van der Waals surface area contributed by atoms with Crippen LogP contribution in [0.3, 0.4) is 0 Å². The molecule has 0 aromatic carbocycles. The first kappa shape index (κ1) is 42.7. The molecular weight excluding hydrogens is 694 g/mol. The van der Waals surface area contributed by atoms with E-state index in [1.54, 1.807) is 21.3 Å². The molecule has 284 valence electrons. The summed E-state index contributed by atoms with van der Waals surface area (Å²) >= 11 is 4.27. The molecule has 7 unspecified atom stereocenters. The number of thiol groups is 1. The fourth-order valence-corrected chi connectivity index (χ4v) is 8.62. The standard InChI is InChI=1S/C16H31O8P.C14H27O7PS/c1-9-11(3)23-14(15(9)20-6)8-21-25(17,18)24-16-10(2)12(4)22-13(16)7-19-5;1-9-5-10(16-2)12(20-9)7-18-22(4,15)19-8-13-11(17-3)6-14(23)21-13/h9-16H,7-8H2,1-6H3,(H,17,18);9-14,23H,5-8H2,1-4H3/p-1/t9?,10?,11-,12-,13+,14+,15+,16+;9-,10+,11?,12+,13?,14?,22?/m00/s1. The molecule has 4 fully saturated rings. The van der Waals surface area contributed by atoms with Gasteiger partial charge in [0.05, 0.1) is 69.2 Å². The highest BCUT2D eigenvalue weighted by molar-refractivity contribution is 7.80. The lowest BCUT2D eigenvalue weighted by molar-refractivity contribution is -0.235. The number of ether oxygens (including phenoxy) is 8. The Bertz CT molecular complexity index is 1030. The average Bonchev–Trinajstić information content (AvgIpc) is 3.74. The van der Waals surface area contributed by atoms with E-state index in [0.29, 0.717) is 6.42 Å². The van der Waals surface area contributed by atoms with Gasteiger partial charge < -0.3 is 60.9 Å². The molecule has 18 heteroatoms. The van der Waals surface area contributed by atoms with Crippen molar-refractivity contribution in [3.05, 3.63) is 0 Å². The maximum Gasteiger partial charge on any atom is 0.327 e. The summed E-state index contributed by atoms with van der Waals surface area (Å²) in [7, 11) is -1.36. The van der Waals surface area contributed by atoms with E-state index in [1.165, 1.54) is 13.8 Å². The van der Waals surface area contributed by atoms with Crippen molar-refractivity contribution < 1.29 is 70.0 Å². The van der Waals surface area contributed by atoms with Gasteiger partial charge in [0.25, 0.3) is 7.82 Å². The summed E-state index contributed by atoms with van der Waals surface area (Å²) in [6, 6.07) is 0. The summed E-state index contributed by atoms with van der Waals surface area (Å²) in [5.41, 5.74) is -0.193. The van der Waals surface area contributed by atoms with E-state index in [-0.39, 0.29) is 92.5 Å².